The molecule has 2 heterocycles. The predicted molar refractivity (Wildman–Crippen MR) is 113 cm³/mol. The highest BCUT2D eigenvalue weighted by atomic mass is 19.2. The van der Waals surface area contributed by atoms with Crippen LogP contribution in [0.3, 0.4) is 0 Å². The van der Waals surface area contributed by atoms with E-state index in [4.69, 9.17) is 23.7 Å². The van der Waals surface area contributed by atoms with Crippen molar-refractivity contribution in [3.05, 3.63) is 41.5 Å². The minimum atomic E-state index is -1.69. The SMILES string of the molecule is CC(=O)OCC1O[C@@H](OC(C)=O)C(OC(C)=O)C(n2cc(-c3cc(F)c(F)c(F)c3)nn2)=C1OC(C)=O. The molecule has 37 heavy (non-hydrogen) atoms. The first-order valence-electron chi connectivity index (χ1n) is 10.5. The molecule has 0 bridgehead atoms. The van der Waals surface area contributed by atoms with Gasteiger partial charge in [0.15, 0.2) is 29.3 Å². The largest absolute Gasteiger partial charge is 0.463 e. The number of nitrogens with zero attached hydrogens (tertiary/aromatic N) is 3. The Balaban J connectivity index is 2.21. The van der Waals surface area contributed by atoms with Gasteiger partial charge in [-0.05, 0) is 12.1 Å². The molecule has 0 fully saturated rings. The van der Waals surface area contributed by atoms with E-state index < -0.39 is 66.4 Å². The fraction of sp³-hybridized carbons (Fsp3) is 0.364. The van der Waals surface area contributed by atoms with Crippen LogP contribution in [0.4, 0.5) is 13.2 Å². The van der Waals surface area contributed by atoms with Gasteiger partial charge in [0.25, 0.3) is 0 Å². The van der Waals surface area contributed by atoms with Crippen molar-refractivity contribution in [2.24, 2.45) is 0 Å². The van der Waals surface area contributed by atoms with E-state index in [9.17, 15) is 32.3 Å². The number of carbonyl (C=O) groups is 4. The van der Waals surface area contributed by atoms with Crippen LogP contribution >= 0.6 is 0 Å². The summed E-state index contributed by atoms with van der Waals surface area (Å²) in [5.41, 5.74) is -0.621. The summed E-state index contributed by atoms with van der Waals surface area (Å²) in [6, 6.07) is 1.35. The van der Waals surface area contributed by atoms with Crippen LogP contribution in [0.5, 0.6) is 0 Å². The Morgan fingerprint density at radius 2 is 1.57 bits per heavy atom. The monoisotopic (exact) mass is 527 g/mol. The van der Waals surface area contributed by atoms with Crippen LogP contribution in [-0.4, -0.2) is 64.0 Å². The number of ether oxygens (including phenoxy) is 5. The molecule has 3 rings (SSSR count). The maximum atomic E-state index is 13.8. The highest BCUT2D eigenvalue weighted by Gasteiger charge is 2.46. The molecule has 1 aliphatic rings. The van der Waals surface area contributed by atoms with Crippen molar-refractivity contribution >= 4 is 29.6 Å². The first-order valence-corrected chi connectivity index (χ1v) is 10.5. The van der Waals surface area contributed by atoms with E-state index >= 15 is 0 Å². The number of benzene rings is 1. The predicted octanol–water partition coefficient (Wildman–Crippen LogP) is 1.88. The van der Waals surface area contributed by atoms with E-state index in [0.717, 1.165) is 38.6 Å². The molecule has 12 nitrogen and oxygen atoms in total. The van der Waals surface area contributed by atoms with E-state index in [1.54, 1.807) is 0 Å². The van der Waals surface area contributed by atoms with Gasteiger partial charge in [0.2, 0.25) is 12.4 Å². The van der Waals surface area contributed by atoms with E-state index in [1.807, 2.05) is 0 Å². The number of hydrogen-bond acceptors (Lipinski definition) is 11. The highest BCUT2D eigenvalue weighted by Crippen LogP contribution is 2.34. The summed E-state index contributed by atoms with van der Waals surface area (Å²) in [4.78, 5) is 47.0. The van der Waals surface area contributed by atoms with Crippen molar-refractivity contribution in [2.75, 3.05) is 6.61 Å². The Labute approximate surface area is 206 Å². The molecule has 0 saturated heterocycles. The fourth-order valence-electron chi connectivity index (χ4n) is 3.31. The third-order valence-corrected chi connectivity index (χ3v) is 4.65. The van der Waals surface area contributed by atoms with E-state index in [2.05, 4.69) is 10.3 Å². The summed E-state index contributed by atoms with van der Waals surface area (Å²) in [6.45, 7) is 3.71. The summed E-state index contributed by atoms with van der Waals surface area (Å²) in [7, 11) is 0. The van der Waals surface area contributed by atoms with E-state index in [-0.39, 0.29) is 22.7 Å². The molecule has 0 spiro atoms. The number of halogens is 3. The Bertz CT molecular complexity index is 1250. The fourth-order valence-corrected chi connectivity index (χ4v) is 3.31. The standard InChI is InChI=1S/C22H20F3N3O9/c1-9(29)33-8-17-20(34-10(2)30)19(21(35-11(3)31)22(37-17)36-12(4)32)28-7-16(26-27-28)13-5-14(23)18(25)15(24)6-13/h5-7,17,21-22H,8H2,1-4H3/t17?,21?,22-/m1/s1. The molecule has 0 radical (unpaired) electrons. The molecule has 2 aromatic rings. The van der Waals surface area contributed by atoms with Gasteiger partial charge in [-0.1, -0.05) is 5.21 Å². The van der Waals surface area contributed by atoms with Crippen LogP contribution in [0.25, 0.3) is 17.0 Å². The van der Waals surface area contributed by atoms with Crippen molar-refractivity contribution in [3.8, 4) is 11.3 Å². The Morgan fingerprint density at radius 1 is 0.946 bits per heavy atom. The second-order valence-corrected chi connectivity index (χ2v) is 7.58. The molecule has 0 amide bonds. The van der Waals surface area contributed by atoms with Crippen LogP contribution in [0.1, 0.15) is 27.7 Å². The van der Waals surface area contributed by atoms with E-state index in [0.29, 0.717) is 12.1 Å². The van der Waals surface area contributed by atoms with E-state index in [1.165, 1.54) is 0 Å². The molecule has 0 N–H and O–H groups in total. The Morgan fingerprint density at radius 3 is 2.11 bits per heavy atom. The van der Waals surface area contributed by atoms with Crippen molar-refractivity contribution in [1.29, 1.82) is 0 Å². The van der Waals surface area contributed by atoms with Crippen molar-refractivity contribution in [3.63, 3.8) is 0 Å². The zero-order valence-corrected chi connectivity index (χ0v) is 19.8. The first kappa shape index (κ1) is 27.3. The van der Waals surface area contributed by atoms with Gasteiger partial charge >= 0.3 is 23.9 Å². The lowest BCUT2D eigenvalue weighted by Gasteiger charge is -2.36. The topological polar surface area (TPSA) is 145 Å². The van der Waals surface area contributed by atoms with Crippen LogP contribution in [0, 0.1) is 17.5 Å². The Hall–Kier alpha value is -4.27. The maximum Gasteiger partial charge on any atom is 0.307 e. The van der Waals surface area contributed by atoms with Crippen LogP contribution in [0.2, 0.25) is 0 Å². The molecular weight excluding hydrogens is 507 g/mol. The Kier molecular flexibility index (Phi) is 8.27. The van der Waals surface area contributed by atoms with Gasteiger partial charge in [-0.2, -0.15) is 0 Å². The van der Waals surface area contributed by atoms with Gasteiger partial charge in [0, 0.05) is 33.3 Å². The lowest BCUT2D eigenvalue weighted by atomic mass is 10.1. The minimum absolute atomic E-state index is 0.166. The molecule has 0 saturated carbocycles. The summed E-state index contributed by atoms with van der Waals surface area (Å²) >= 11 is 0. The molecule has 1 aromatic carbocycles. The van der Waals surface area contributed by atoms with Crippen LogP contribution in [0.15, 0.2) is 24.1 Å². The zero-order chi connectivity index (χ0) is 27.4. The van der Waals surface area contributed by atoms with Gasteiger partial charge in [-0.3, -0.25) is 19.2 Å². The van der Waals surface area contributed by atoms with Gasteiger partial charge < -0.3 is 23.7 Å². The first-order chi connectivity index (χ1) is 17.4. The smallest absolute Gasteiger partial charge is 0.307 e. The summed E-state index contributed by atoms with van der Waals surface area (Å²) in [5.74, 6) is -8.30. The summed E-state index contributed by atoms with van der Waals surface area (Å²) < 4.78 is 68.1. The quantitative estimate of drug-likeness (QED) is 0.296. The van der Waals surface area contributed by atoms with Crippen molar-refractivity contribution in [2.45, 2.75) is 46.2 Å². The molecule has 1 aliphatic heterocycles. The molecular formula is C22H20F3N3O9. The molecule has 0 aliphatic carbocycles. The zero-order valence-electron chi connectivity index (χ0n) is 19.8. The number of aromatic nitrogens is 3. The molecule has 2 unspecified atom stereocenters. The van der Waals surface area contributed by atoms with Crippen molar-refractivity contribution < 1.29 is 56.0 Å². The average Bonchev–Trinajstić information content (AvgIpc) is 3.26. The molecule has 3 atom stereocenters. The van der Waals surface area contributed by atoms with Gasteiger partial charge in [0.1, 0.15) is 18.0 Å². The molecule has 1 aromatic heterocycles. The van der Waals surface area contributed by atoms with Crippen molar-refractivity contribution in [1.82, 2.24) is 15.0 Å². The van der Waals surface area contributed by atoms with Gasteiger partial charge in [-0.15, -0.1) is 5.10 Å². The normalized spacial score (nSPS) is 19.3. The number of carbonyl (C=O) groups excluding carboxylic acids is 4. The number of esters is 4. The third-order valence-electron chi connectivity index (χ3n) is 4.65. The average molecular weight is 527 g/mol. The van der Waals surface area contributed by atoms with Gasteiger partial charge in [-0.25, -0.2) is 17.9 Å². The highest BCUT2D eigenvalue weighted by molar-refractivity contribution is 5.73. The van der Waals surface area contributed by atoms with Crippen LogP contribution in [-0.2, 0) is 42.9 Å². The minimum Gasteiger partial charge on any atom is -0.463 e. The lowest BCUT2D eigenvalue weighted by Crippen LogP contribution is -2.48. The molecule has 198 valence electrons. The third kappa shape index (κ3) is 6.49. The second kappa shape index (κ2) is 11.2. The summed E-state index contributed by atoms with van der Waals surface area (Å²) in [5, 5.41) is 7.63. The van der Waals surface area contributed by atoms with Gasteiger partial charge in [0.05, 0.1) is 6.20 Å². The number of hydrogen-bond donors (Lipinski definition) is 0. The maximum absolute atomic E-state index is 13.8. The summed E-state index contributed by atoms with van der Waals surface area (Å²) in [6.07, 6.45) is -3.50. The second-order valence-electron chi connectivity index (χ2n) is 7.58. The number of rotatable bonds is 7. The molecule has 15 heteroatoms. The van der Waals surface area contributed by atoms with Crippen LogP contribution < -0.4 is 0 Å². The lowest BCUT2D eigenvalue weighted by molar-refractivity contribution is -0.225.